The average molecular weight is 221 g/mol. The van der Waals surface area contributed by atoms with Crippen molar-refractivity contribution in [3.05, 3.63) is 18.2 Å². The Hall–Kier alpha value is -0.830. The Morgan fingerprint density at radius 3 is 2.94 bits per heavy atom. The highest BCUT2D eigenvalue weighted by Crippen LogP contribution is 2.24. The zero-order valence-electron chi connectivity index (χ0n) is 10.7. The fourth-order valence-corrected chi connectivity index (χ4v) is 2.53. The molecule has 0 aliphatic carbocycles. The van der Waals surface area contributed by atoms with Crippen molar-refractivity contribution in [3.8, 4) is 0 Å². The molecule has 1 aliphatic heterocycles. The van der Waals surface area contributed by atoms with Crippen LogP contribution in [0.1, 0.15) is 32.5 Å². The number of hydrogen-bond acceptors (Lipinski definition) is 2. The third kappa shape index (κ3) is 2.64. The van der Waals surface area contributed by atoms with Gasteiger partial charge in [0.05, 0.1) is 6.54 Å². The highest BCUT2D eigenvalue weighted by Gasteiger charge is 2.22. The van der Waals surface area contributed by atoms with E-state index in [0.29, 0.717) is 0 Å². The number of piperidine rings is 1. The van der Waals surface area contributed by atoms with E-state index in [0.717, 1.165) is 18.4 Å². The number of likely N-dealkylation sites (tertiary alicyclic amines) is 1. The van der Waals surface area contributed by atoms with Crippen LogP contribution in [0, 0.1) is 11.8 Å². The number of imidazole rings is 1. The summed E-state index contributed by atoms with van der Waals surface area (Å²) in [5, 5.41) is 0. The molecule has 1 aliphatic rings. The summed E-state index contributed by atoms with van der Waals surface area (Å²) < 4.78 is 2.12. The quantitative estimate of drug-likeness (QED) is 0.781. The van der Waals surface area contributed by atoms with Gasteiger partial charge in [-0.15, -0.1) is 0 Å². The molecule has 0 spiro atoms. The molecule has 0 bridgehead atoms. The van der Waals surface area contributed by atoms with Crippen molar-refractivity contribution >= 4 is 0 Å². The largest absolute Gasteiger partial charge is 0.337 e. The van der Waals surface area contributed by atoms with Gasteiger partial charge in [-0.05, 0) is 31.2 Å². The van der Waals surface area contributed by atoms with Gasteiger partial charge in [-0.1, -0.05) is 13.8 Å². The van der Waals surface area contributed by atoms with Crippen molar-refractivity contribution in [2.45, 2.75) is 33.2 Å². The smallest absolute Gasteiger partial charge is 0.122 e. The Morgan fingerprint density at radius 2 is 2.31 bits per heavy atom. The molecule has 0 aromatic carbocycles. The van der Waals surface area contributed by atoms with E-state index >= 15 is 0 Å². The highest BCUT2D eigenvalue weighted by molar-refractivity contribution is 4.91. The van der Waals surface area contributed by atoms with Gasteiger partial charge < -0.3 is 4.57 Å². The lowest BCUT2D eigenvalue weighted by atomic mass is 9.88. The first-order valence-corrected chi connectivity index (χ1v) is 6.35. The van der Waals surface area contributed by atoms with Crippen molar-refractivity contribution in [3.63, 3.8) is 0 Å². The van der Waals surface area contributed by atoms with Crippen molar-refractivity contribution in [2.24, 2.45) is 18.9 Å². The molecule has 3 nitrogen and oxygen atoms in total. The summed E-state index contributed by atoms with van der Waals surface area (Å²) in [6, 6.07) is 0. The van der Waals surface area contributed by atoms with E-state index < -0.39 is 0 Å². The molecule has 16 heavy (non-hydrogen) atoms. The highest BCUT2D eigenvalue weighted by atomic mass is 15.2. The third-order valence-corrected chi connectivity index (χ3v) is 3.77. The minimum absolute atomic E-state index is 0.809. The van der Waals surface area contributed by atoms with Crippen LogP contribution in [0.5, 0.6) is 0 Å². The molecular weight excluding hydrogens is 198 g/mol. The lowest BCUT2D eigenvalue weighted by Crippen LogP contribution is -2.37. The molecule has 90 valence electrons. The summed E-state index contributed by atoms with van der Waals surface area (Å²) in [5.41, 5.74) is 0. The van der Waals surface area contributed by atoms with E-state index in [2.05, 4.69) is 35.3 Å². The molecule has 1 aromatic rings. The maximum absolute atomic E-state index is 4.40. The molecule has 1 atom stereocenters. The number of rotatable bonds is 3. The Labute approximate surface area is 98.5 Å². The van der Waals surface area contributed by atoms with Gasteiger partial charge in [0.15, 0.2) is 0 Å². The van der Waals surface area contributed by atoms with Gasteiger partial charge in [-0.2, -0.15) is 0 Å². The second-order valence-electron chi connectivity index (χ2n) is 5.34. The second kappa shape index (κ2) is 5.00. The van der Waals surface area contributed by atoms with Gasteiger partial charge in [-0.25, -0.2) is 4.98 Å². The van der Waals surface area contributed by atoms with Crippen LogP contribution in [0.4, 0.5) is 0 Å². The van der Waals surface area contributed by atoms with Gasteiger partial charge in [0.25, 0.3) is 0 Å². The predicted octanol–water partition coefficient (Wildman–Crippen LogP) is 2.29. The molecule has 3 heteroatoms. The van der Waals surface area contributed by atoms with Gasteiger partial charge in [0.2, 0.25) is 0 Å². The molecule has 0 amide bonds. The van der Waals surface area contributed by atoms with Crippen LogP contribution < -0.4 is 0 Å². The van der Waals surface area contributed by atoms with Crippen LogP contribution in [0.15, 0.2) is 12.4 Å². The summed E-state index contributed by atoms with van der Waals surface area (Å²) >= 11 is 0. The van der Waals surface area contributed by atoms with Crippen LogP contribution in [0.25, 0.3) is 0 Å². The fraction of sp³-hybridized carbons (Fsp3) is 0.769. The van der Waals surface area contributed by atoms with Crippen molar-refractivity contribution in [2.75, 3.05) is 13.1 Å². The summed E-state index contributed by atoms with van der Waals surface area (Å²) in [7, 11) is 2.08. The van der Waals surface area contributed by atoms with Crippen molar-refractivity contribution in [1.29, 1.82) is 0 Å². The number of aryl methyl sites for hydroxylation is 1. The summed E-state index contributed by atoms with van der Waals surface area (Å²) in [5.74, 6) is 2.86. The standard InChI is InChI=1S/C13H23N3/c1-11(2)12-5-4-7-16(9-12)10-13-14-6-8-15(13)3/h6,8,11-12H,4-5,7,9-10H2,1-3H3. The van der Waals surface area contributed by atoms with E-state index in [9.17, 15) is 0 Å². The van der Waals surface area contributed by atoms with Crippen LogP contribution >= 0.6 is 0 Å². The molecular formula is C13H23N3. The molecule has 0 saturated carbocycles. The zero-order valence-corrected chi connectivity index (χ0v) is 10.7. The molecule has 1 aromatic heterocycles. The van der Waals surface area contributed by atoms with Gasteiger partial charge in [-0.3, -0.25) is 4.90 Å². The maximum atomic E-state index is 4.40. The van der Waals surface area contributed by atoms with Gasteiger partial charge in [0.1, 0.15) is 5.82 Å². The molecule has 1 fully saturated rings. The predicted molar refractivity (Wildman–Crippen MR) is 66.0 cm³/mol. The van der Waals surface area contributed by atoms with E-state index in [1.165, 1.54) is 31.8 Å². The van der Waals surface area contributed by atoms with Crippen molar-refractivity contribution in [1.82, 2.24) is 14.5 Å². The van der Waals surface area contributed by atoms with E-state index in [1.807, 2.05) is 12.4 Å². The minimum atomic E-state index is 0.809. The fourth-order valence-electron chi connectivity index (χ4n) is 2.53. The van der Waals surface area contributed by atoms with Crippen LogP contribution in [-0.4, -0.2) is 27.5 Å². The monoisotopic (exact) mass is 221 g/mol. The van der Waals surface area contributed by atoms with Gasteiger partial charge in [0, 0.05) is 26.0 Å². The topological polar surface area (TPSA) is 21.1 Å². The summed E-state index contributed by atoms with van der Waals surface area (Å²) in [4.78, 5) is 6.95. The van der Waals surface area contributed by atoms with Crippen LogP contribution in [0.3, 0.4) is 0 Å². The van der Waals surface area contributed by atoms with E-state index in [4.69, 9.17) is 0 Å². The van der Waals surface area contributed by atoms with Crippen LogP contribution in [-0.2, 0) is 13.6 Å². The Balaban J connectivity index is 1.93. The summed E-state index contributed by atoms with van der Waals surface area (Å²) in [6.07, 6.45) is 6.65. The van der Waals surface area contributed by atoms with Gasteiger partial charge >= 0.3 is 0 Å². The first kappa shape index (κ1) is 11.6. The minimum Gasteiger partial charge on any atom is -0.337 e. The molecule has 2 rings (SSSR count). The molecule has 0 radical (unpaired) electrons. The first-order valence-electron chi connectivity index (χ1n) is 6.35. The third-order valence-electron chi connectivity index (χ3n) is 3.77. The molecule has 2 heterocycles. The normalized spacial score (nSPS) is 22.9. The molecule has 0 N–H and O–H groups in total. The van der Waals surface area contributed by atoms with Crippen molar-refractivity contribution < 1.29 is 0 Å². The Kier molecular flexibility index (Phi) is 3.64. The zero-order chi connectivity index (χ0) is 11.5. The second-order valence-corrected chi connectivity index (χ2v) is 5.34. The summed E-state index contributed by atoms with van der Waals surface area (Å²) in [6.45, 7) is 8.16. The lowest BCUT2D eigenvalue weighted by molar-refractivity contribution is 0.135. The van der Waals surface area contributed by atoms with E-state index in [1.54, 1.807) is 0 Å². The number of nitrogens with zero attached hydrogens (tertiary/aromatic N) is 3. The molecule has 1 saturated heterocycles. The SMILES string of the molecule is CC(C)C1CCCN(Cc2nccn2C)C1. The maximum Gasteiger partial charge on any atom is 0.122 e. The lowest BCUT2D eigenvalue weighted by Gasteiger charge is -2.34. The van der Waals surface area contributed by atoms with Crippen LogP contribution in [0.2, 0.25) is 0 Å². The molecule has 1 unspecified atom stereocenters. The van der Waals surface area contributed by atoms with E-state index in [-0.39, 0.29) is 0 Å². The first-order chi connectivity index (χ1) is 7.66. The number of aromatic nitrogens is 2. The Bertz CT molecular complexity index is 330. The number of hydrogen-bond donors (Lipinski definition) is 0. The Morgan fingerprint density at radius 1 is 1.50 bits per heavy atom. The average Bonchev–Trinajstić information content (AvgIpc) is 2.65.